The predicted octanol–water partition coefficient (Wildman–Crippen LogP) is 12.6. The quantitative estimate of drug-likeness (QED) is 0.0366. The van der Waals surface area contributed by atoms with Gasteiger partial charge in [0.05, 0.1) is 6.61 Å². The number of phosphoric ester groups is 1. The van der Waals surface area contributed by atoms with Crippen molar-refractivity contribution < 1.29 is 37.9 Å². The second-order valence-electron chi connectivity index (χ2n) is 15.4. The number of carbonyl (C=O) groups excluding carboxylic acids is 2. The van der Waals surface area contributed by atoms with Crippen molar-refractivity contribution in [1.29, 1.82) is 0 Å². The van der Waals surface area contributed by atoms with E-state index in [1.54, 1.807) is 0 Å². The van der Waals surface area contributed by atoms with E-state index in [9.17, 15) is 14.2 Å². The van der Waals surface area contributed by atoms with Gasteiger partial charge in [-0.3, -0.25) is 14.1 Å². The van der Waals surface area contributed by atoms with Crippen LogP contribution in [0.4, 0.5) is 0 Å². The van der Waals surface area contributed by atoms with Gasteiger partial charge in [0.25, 0.3) is 0 Å². The van der Waals surface area contributed by atoms with Crippen LogP contribution >= 0.6 is 7.82 Å². The third kappa shape index (κ3) is 38.3. The van der Waals surface area contributed by atoms with Crippen molar-refractivity contribution in [1.82, 2.24) is 0 Å². The Morgan fingerprint density at radius 2 is 0.880 bits per heavy atom. The fourth-order valence-corrected chi connectivity index (χ4v) is 6.66. The lowest BCUT2D eigenvalue weighted by Crippen LogP contribution is -2.29. The lowest BCUT2D eigenvalue weighted by molar-refractivity contribution is -0.161. The summed E-state index contributed by atoms with van der Waals surface area (Å²) in [4.78, 5) is 42.8. The van der Waals surface area contributed by atoms with Gasteiger partial charge in [-0.2, -0.15) is 0 Å². The van der Waals surface area contributed by atoms with Gasteiger partial charge in [0.15, 0.2) is 6.10 Å². The molecule has 1 unspecified atom stereocenters. The zero-order valence-electron chi connectivity index (χ0n) is 33.2. The summed E-state index contributed by atoms with van der Waals surface area (Å²) in [7, 11) is -4.75. The average molecular weight is 733 g/mol. The number of hydrogen-bond acceptors (Lipinski definition) is 6. The molecule has 298 valence electrons. The summed E-state index contributed by atoms with van der Waals surface area (Å²) in [5.74, 6) is 0.821. The predicted molar refractivity (Wildman–Crippen MR) is 207 cm³/mol. The molecule has 0 aliphatic carbocycles. The second kappa shape index (κ2) is 35.1. The van der Waals surface area contributed by atoms with Crippen molar-refractivity contribution in [3.63, 3.8) is 0 Å². The van der Waals surface area contributed by atoms with E-state index in [0.717, 1.165) is 50.4 Å². The van der Waals surface area contributed by atoms with E-state index in [2.05, 4.69) is 32.2 Å². The van der Waals surface area contributed by atoms with Gasteiger partial charge in [0.1, 0.15) is 6.61 Å². The molecule has 0 rings (SSSR count). The van der Waals surface area contributed by atoms with Crippen molar-refractivity contribution in [3.8, 4) is 0 Å². The molecule has 50 heavy (non-hydrogen) atoms. The first kappa shape index (κ1) is 49.0. The molecule has 0 amide bonds. The zero-order valence-corrected chi connectivity index (χ0v) is 34.0. The number of rotatable bonds is 38. The summed E-state index contributed by atoms with van der Waals surface area (Å²) in [6.45, 7) is 8.41. The van der Waals surface area contributed by atoms with E-state index >= 15 is 0 Å². The van der Waals surface area contributed by atoms with E-state index < -0.39 is 32.5 Å². The van der Waals surface area contributed by atoms with Crippen LogP contribution in [0.1, 0.15) is 220 Å². The van der Waals surface area contributed by atoms with Crippen molar-refractivity contribution in [2.45, 2.75) is 226 Å². The molecule has 2 N–H and O–H groups in total. The highest BCUT2D eigenvalue weighted by molar-refractivity contribution is 7.46. The molecule has 9 heteroatoms. The molecule has 0 aliphatic rings. The van der Waals surface area contributed by atoms with Crippen LogP contribution in [0.15, 0.2) is 0 Å². The highest BCUT2D eigenvalue weighted by atomic mass is 31.2. The Morgan fingerprint density at radius 3 is 1.26 bits per heavy atom. The molecule has 0 aliphatic heterocycles. The molecule has 0 bridgehead atoms. The maximum absolute atomic E-state index is 12.4. The molecule has 0 radical (unpaired) electrons. The molecular weight excluding hydrogens is 651 g/mol. The Kier molecular flexibility index (Phi) is 34.4. The highest BCUT2D eigenvalue weighted by Gasteiger charge is 2.23. The van der Waals surface area contributed by atoms with Crippen LogP contribution < -0.4 is 0 Å². The number of ether oxygens (including phenoxy) is 2. The minimum atomic E-state index is -4.75. The molecule has 0 aromatic heterocycles. The summed E-state index contributed by atoms with van der Waals surface area (Å²) in [5.41, 5.74) is 0. The fraction of sp³-hybridized carbons (Fsp3) is 0.951. The molecule has 2 atom stereocenters. The van der Waals surface area contributed by atoms with E-state index in [1.165, 1.54) is 135 Å². The number of hydrogen-bond donors (Lipinski definition) is 2. The molecule has 0 heterocycles. The van der Waals surface area contributed by atoms with Gasteiger partial charge < -0.3 is 19.3 Å². The van der Waals surface area contributed by atoms with Gasteiger partial charge >= 0.3 is 19.8 Å². The third-order valence-corrected chi connectivity index (χ3v) is 10.3. The Hall–Kier alpha value is -0.950. The van der Waals surface area contributed by atoms with Crippen molar-refractivity contribution in [3.05, 3.63) is 0 Å². The molecule has 8 nitrogen and oxygen atoms in total. The summed E-state index contributed by atoms with van der Waals surface area (Å²) >= 11 is 0. The first-order valence-electron chi connectivity index (χ1n) is 21.1. The van der Waals surface area contributed by atoms with Crippen LogP contribution in [-0.4, -0.2) is 41.0 Å². The summed E-state index contributed by atoms with van der Waals surface area (Å²) < 4.78 is 26.4. The van der Waals surface area contributed by atoms with Gasteiger partial charge in [-0.15, -0.1) is 0 Å². The number of unbranched alkanes of at least 4 members (excludes halogenated alkanes) is 23. The van der Waals surface area contributed by atoms with Crippen LogP contribution in [0, 0.1) is 11.8 Å². The zero-order chi connectivity index (χ0) is 37.1. The third-order valence-electron chi connectivity index (χ3n) is 9.84. The minimum absolute atomic E-state index is 0.218. The van der Waals surface area contributed by atoms with Crippen LogP contribution in [-0.2, 0) is 28.2 Å². The van der Waals surface area contributed by atoms with Crippen LogP contribution in [0.25, 0.3) is 0 Å². The van der Waals surface area contributed by atoms with Gasteiger partial charge in [-0.1, -0.05) is 195 Å². The van der Waals surface area contributed by atoms with Gasteiger partial charge in [-0.25, -0.2) is 4.57 Å². The van der Waals surface area contributed by atoms with Gasteiger partial charge in [0, 0.05) is 12.8 Å². The van der Waals surface area contributed by atoms with Gasteiger partial charge in [-0.05, 0) is 24.7 Å². The first-order valence-corrected chi connectivity index (χ1v) is 22.6. The Balaban J connectivity index is 3.86. The lowest BCUT2D eigenvalue weighted by atomic mass is 9.99. The van der Waals surface area contributed by atoms with E-state index in [4.69, 9.17) is 19.3 Å². The maximum atomic E-state index is 12.4. The van der Waals surface area contributed by atoms with E-state index in [-0.39, 0.29) is 19.4 Å². The van der Waals surface area contributed by atoms with Crippen LogP contribution in [0.2, 0.25) is 0 Å². The Labute approximate surface area is 308 Å². The lowest BCUT2D eigenvalue weighted by Gasteiger charge is -2.18. The molecule has 0 aromatic carbocycles. The standard InChI is InChI=1S/C41H81O8P/c1-5-38(4)32-28-24-20-16-12-8-6-7-9-13-17-21-25-29-33-40(42)47-35-39(36-48-50(44,45)46)49-41(43)34-30-26-22-18-14-10-11-15-19-23-27-31-37(2)3/h37-39H,5-36H2,1-4H3,(H2,44,45,46)/t38?,39-/m1/s1. The van der Waals surface area contributed by atoms with Crippen molar-refractivity contribution >= 4 is 19.8 Å². The molecule has 0 spiro atoms. The topological polar surface area (TPSA) is 119 Å². The van der Waals surface area contributed by atoms with Gasteiger partial charge in [0.2, 0.25) is 0 Å². The normalized spacial score (nSPS) is 13.1. The molecule has 0 fully saturated rings. The molecular formula is C41H81O8P. The van der Waals surface area contributed by atoms with E-state index in [1.807, 2.05) is 0 Å². The SMILES string of the molecule is CCC(C)CCCCCCCCCCCCCCCCC(=O)OC[C@H](COP(=O)(O)O)OC(=O)CCCCCCCCCCCCCC(C)C. The van der Waals surface area contributed by atoms with Crippen LogP contribution in [0.3, 0.4) is 0 Å². The maximum Gasteiger partial charge on any atom is 0.469 e. The second-order valence-corrected chi connectivity index (χ2v) is 16.6. The van der Waals surface area contributed by atoms with E-state index in [0.29, 0.717) is 6.42 Å². The fourth-order valence-electron chi connectivity index (χ4n) is 6.30. The largest absolute Gasteiger partial charge is 0.469 e. The monoisotopic (exact) mass is 733 g/mol. The highest BCUT2D eigenvalue weighted by Crippen LogP contribution is 2.36. The smallest absolute Gasteiger partial charge is 0.462 e. The molecule has 0 saturated carbocycles. The number of carbonyl (C=O) groups is 2. The Bertz CT molecular complexity index is 814. The van der Waals surface area contributed by atoms with Crippen molar-refractivity contribution in [2.75, 3.05) is 13.2 Å². The first-order chi connectivity index (χ1) is 24.0. The summed E-state index contributed by atoms with van der Waals surface area (Å²) in [6.07, 6.45) is 33.9. The molecule has 0 saturated heterocycles. The Morgan fingerprint density at radius 1 is 0.520 bits per heavy atom. The minimum Gasteiger partial charge on any atom is -0.462 e. The summed E-state index contributed by atoms with van der Waals surface area (Å²) in [6, 6.07) is 0. The number of esters is 2. The number of phosphoric acid groups is 1. The van der Waals surface area contributed by atoms with Crippen LogP contribution in [0.5, 0.6) is 0 Å². The average Bonchev–Trinajstić information content (AvgIpc) is 3.07. The summed E-state index contributed by atoms with van der Waals surface area (Å²) in [5, 5.41) is 0. The molecule has 0 aromatic rings. The van der Waals surface area contributed by atoms with Crippen molar-refractivity contribution in [2.24, 2.45) is 11.8 Å².